The Bertz CT molecular complexity index is 1250. The summed E-state index contributed by atoms with van der Waals surface area (Å²) in [6.07, 6.45) is 5.32. The van der Waals surface area contributed by atoms with Crippen LogP contribution < -0.4 is 32.7 Å². The number of guanidine groups is 1. The number of nitrogens with two attached hydrogens (primary N) is 2. The van der Waals surface area contributed by atoms with Crippen LogP contribution in [0, 0.1) is 5.92 Å². The van der Waals surface area contributed by atoms with E-state index in [9.17, 15) is 14.4 Å². The van der Waals surface area contributed by atoms with Gasteiger partial charge >= 0.3 is 0 Å². The van der Waals surface area contributed by atoms with E-state index in [1.165, 1.54) is 0 Å². The first-order valence-electron chi connectivity index (χ1n) is 16.8. The number of hydrogen-bond acceptors (Lipinski definition) is 5. The Morgan fingerprint density at radius 3 is 1.89 bits per heavy atom. The van der Waals surface area contributed by atoms with Crippen molar-refractivity contribution in [1.82, 2.24) is 21.3 Å². The molecule has 1 saturated carbocycles. The Balaban J connectivity index is 1.87. The van der Waals surface area contributed by atoms with Gasteiger partial charge in [-0.15, -0.1) is 0 Å². The molecular formula is C36H55N7O3. The first-order valence-corrected chi connectivity index (χ1v) is 16.8. The van der Waals surface area contributed by atoms with E-state index in [1.807, 2.05) is 95.3 Å². The first kappa shape index (κ1) is 36.5. The quantitative estimate of drug-likeness (QED) is 0.0874. The molecule has 0 aliphatic heterocycles. The lowest BCUT2D eigenvalue weighted by atomic mass is 9.88. The second-order valence-corrected chi connectivity index (χ2v) is 12.9. The maximum absolute atomic E-state index is 14.3. The smallest absolute Gasteiger partial charge is 0.246 e. The van der Waals surface area contributed by atoms with Gasteiger partial charge in [-0.2, -0.15) is 0 Å². The number of carbonyl (C=O) groups is 3. The lowest BCUT2D eigenvalue weighted by molar-refractivity contribution is -0.136. The average molecular weight is 634 g/mol. The fraction of sp³-hybridized carbons (Fsp3) is 0.556. The lowest BCUT2D eigenvalue weighted by Crippen LogP contribution is -2.65. The average Bonchev–Trinajstić information content (AvgIpc) is 3.53. The SMILES string of the molecule is CCC(CC)(NC(=O)C(C)C)C(=O)N[C@@H](CCCN=C(N)N)C(C)NC1(C(=O)NC(c2ccccc2)c2ccccc2)CCCC1. The zero-order chi connectivity index (χ0) is 33.7. The van der Waals surface area contributed by atoms with Crippen LogP contribution in [0.3, 0.4) is 0 Å². The van der Waals surface area contributed by atoms with Crippen LogP contribution in [0.25, 0.3) is 0 Å². The van der Waals surface area contributed by atoms with E-state index in [2.05, 4.69) is 26.3 Å². The van der Waals surface area contributed by atoms with Gasteiger partial charge in [-0.05, 0) is 56.6 Å². The number of aliphatic imine (C=N–C) groups is 1. The van der Waals surface area contributed by atoms with Crippen molar-refractivity contribution >= 4 is 23.7 Å². The van der Waals surface area contributed by atoms with Gasteiger partial charge in [-0.3, -0.25) is 24.7 Å². The van der Waals surface area contributed by atoms with Crippen LogP contribution in [0.4, 0.5) is 0 Å². The number of nitrogens with one attached hydrogen (secondary N) is 4. The van der Waals surface area contributed by atoms with Crippen LogP contribution in [-0.2, 0) is 14.4 Å². The normalized spacial score (nSPS) is 15.6. The van der Waals surface area contributed by atoms with Gasteiger partial charge in [0.2, 0.25) is 17.7 Å². The van der Waals surface area contributed by atoms with E-state index in [-0.39, 0.29) is 47.7 Å². The van der Waals surface area contributed by atoms with E-state index in [0.29, 0.717) is 45.1 Å². The van der Waals surface area contributed by atoms with Gasteiger partial charge in [-0.25, -0.2) is 0 Å². The molecule has 0 radical (unpaired) electrons. The molecule has 1 unspecified atom stereocenters. The zero-order valence-electron chi connectivity index (χ0n) is 28.3. The largest absolute Gasteiger partial charge is 0.370 e. The highest BCUT2D eigenvalue weighted by Crippen LogP contribution is 2.33. The van der Waals surface area contributed by atoms with Crippen LogP contribution in [0.1, 0.15) is 103 Å². The monoisotopic (exact) mass is 633 g/mol. The Morgan fingerprint density at radius 2 is 1.41 bits per heavy atom. The van der Waals surface area contributed by atoms with E-state index < -0.39 is 11.1 Å². The van der Waals surface area contributed by atoms with E-state index >= 15 is 0 Å². The molecule has 0 saturated heterocycles. The summed E-state index contributed by atoms with van der Waals surface area (Å²) in [5, 5.41) is 13.4. The third kappa shape index (κ3) is 9.55. The third-order valence-corrected chi connectivity index (χ3v) is 9.35. The van der Waals surface area contributed by atoms with Crippen molar-refractivity contribution in [2.45, 2.75) is 115 Å². The van der Waals surface area contributed by atoms with Crippen LogP contribution in [0.15, 0.2) is 65.7 Å². The molecule has 1 aliphatic carbocycles. The summed E-state index contributed by atoms with van der Waals surface area (Å²) in [4.78, 5) is 45.1. The summed E-state index contributed by atoms with van der Waals surface area (Å²) in [6.45, 7) is 9.87. The Kier molecular flexibility index (Phi) is 13.6. The summed E-state index contributed by atoms with van der Waals surface area (Å²) >= 11 is 0. The van der Waals surface area contributed by atoms with Crippen LogP contribution in [-0.4, -0.2) is 53.4 Å². The summed E-state index contributed by atoms with van der Waals surface area (Å²) in [5.41, 5.74) is 11.3. The standard InChI is InChI=1S/C36H55N7O3/c1-6-35(7-2,43-31(44)25(3)4)32(45)40-29(21-16-24-39-34(37)38)26(5)42-36(22-14-15-23-36)33(46)41-30(27-17-10-8-11-18-27)28-19-12-9-13-20-28/h8-13,17-20,25-26,29-30,42H,6-7,14-16,21-24H2,1-5H3,(H,40,45)(H,41,46)(H,43,44)(H4,37,38,39)/t26?,29-/m0/s1. The minimum Gasteiger partial charge on any atom is -0.370 e. The number of amides is 3. The number of hydrogen-bond donors (Lipinski definition) is 6. The highest BCUT2D eigenvalue weighted by molar-refractivity contribution is 5.92. The van der Waals surface area contributed by atoms with Crippen molar-refractivity contribution in [1.29, 1.82) is 0 Å². The van der Waals surface area contributed by atoms with Crippen LogP contribution in [0.5, 0.6) is 0 Å². The van der Waals surface area contributed by atoms with Crippen molar-refractivity contribution < 1.29 is 14.4 Å². The number of benzene rings is 2. The molecule has 3 amide bonds. The van der Waals surface area contributed by atoms with Gasteiger partial charge in [-0.1, -0.05) is 101 Å². The van der Waals surface area contributed by atoms with Gasteiger partial charge in [0.1, 0.15) is 5.54 Å². The number of rotatable bonds is 17. The highest BCUT2D eigenvalue weighted by Gasteiger charge is 2.45. The number of carbonyl (C=O) groups excluding carboxylic acids is 3. The maximum Gasteiger partial charge on any atom is 0.246 e. The molecule has 46 heavy (non-hydrogen) atoms. The van der Waals surface area contributed by atoms with Crippen molar-refractivity contribution in [2.24, 2.45) is 22.4 Å². The predicted octanol–water partition coefficient (Wildman–Crippen LogP) is 4.05. The Labute approximate surface area is 275 Å². The van der Waals surface area contributed by atoms with Gasteiger partial charge < -0.3 is 27.4 Å². The predicted molar refractivity (Wildman–Crippen MR) is 185 cm³/mol. The summed E-state index contributed by atoms with van der Waals surface area (Å²) in [5.74, 6) is -0.682. The highest BCUT2D eigenvalue weighted by atomic mass is 16.2. The topological polar surface area (TPSA) is 164 Å². The maximum atomic E-state index is 14.3. The number of nitrogens with zero attached hydrogens (tertiary/aromatic N) is 1. The lowest BCUT2D eigenvalue weighted by Gasteiger charge is -2.39. The molecule has 2 aromatic rings. The molecule has 0 spiro atoms. The van der Waals surface area contributed by atoms with Gasteiger partial charge in [0.25, 0.3) is 0 Å². The molecular weight excluding hydrogens is 578 g/mol. The Morgan fingerprint density at radius 1 is 0.870 bits per heavy atom. The molecule has 10 nitrogen and oxygen atoms in total. The molecule has 3 rings (SSSR count). The molecule has 0 aromatic heterocycles. The molecule has 252 valence electrons. The molecule has 2 atom stereocenters. The molecule has 8 N–H and O–H groups in total. The van der Waals surface area contributed by atoms with E-state index in [1.54, 1.807) is 0 Å². The summed E-state index contributed by atoms with van der Waals surface area (Å²) in [6, 6.07) is 19.1. The van der Waals surface area contributed by atoms with Crippen molar-refractivity contribution in [3.63, 3.8) is 0 Å². The second-order valence-electron chi connectivity index (χ2n) is 12.9. The fourth-order valence-electron chi connectivity index (χ4n) is 6.33. The second kappa shape index (κ2) is 17.1. The minimum atomic E-state index is -1.04. The molecule has 0 heterocycles. The van der Waals surface area contributed by atoms with Gasteiger partial charge in [0.15, 0.2) is 5.96 Å². The summed E-state index contributed by atoms with van der Waals surface area (Å²) in [7, 11) is 0. The van der Waals surface area contributed by atoms with Crippen molar-refractivity contribution in [3.8, 4) is 0 Å². The zero-order valence-corrected chi connectivity index (χ0v) is 28.3. The van der Waals surface area contributed by atoms with E-state index in [4.69, 9.17) is 11.5 Å². The van der Waals surface area contributed by atoms with Crippen LogP contribution >= 0.6 is 0 Å². The third-order valence-electron chi connectivity index (χ3n) is 9.35. The molecule has 0 bridgehead atoms. The Hall–Kier alpha value is -3.92. The molecule has 1 aliphatic rings. The van der Waals surface area contributed by atoms with Crippen molar-refractivity contribution in [3.05, 3.63) is 71.8 Å². The molecule has 1 fully saturated rings. The first-order chi connectivity index (χ1) is 22.0. The van der Waals surface area contributed by atoms with Crippen LogP contribution in [0.2, 0.25) is 0 Å². The summed E-state index contributed by atoms with van der Waals surface area (Å²) < 4.78 is 0. The van der Waals surface area contributed by atoms with Gasteiger partial charge in [0.05, 0.1) is 11.6 Å². The minimum absolute atomic E-state index is 0.0205. The molecule has 2 aromatic carbocycles. The fourth-order valence-corrected chi connectivity index (χ4v) is 6.33. The van der Waals surface area contributed by atoms with Gasteiger partial charge in [0, 0.05) is 24.5 Å². The molecule has 10 heteroatoms. The van der Waals surface area contributed by atoms with Crippen molar-refractivity contribution in [2.75, 3.05) is 6.54 Å². The van der Waals surface area contributed by atoms with E-state index in [0.717, 1.165) is 24.0 Å².